The van der Waals surface area contributed by atoms with E-state index >= 15 is 0 Å². The number of halogens is 2. The van der Waals surface area contributed by atoms with Crippen LogP contribution in [0.25, 0.3) is 0 Å². The summed E-state index contributed by atoms with van der Waals surface area (Å²) in [5.74, 6) is -0.301. The quantitative estimate of drug-likeness (QED) is 0.542. The molecular weight excluding hydrogens is 151 g/mol. The van der Waals surface area contributed by atoms with Gasteiger partial charge < -0.3 is 0 Å². The van der Waals surface area contributed by atoms with E-state index in [0.29, 0.717) is 10.6 Å². The molecule has 0 fully saturated rings. The summed E-state index contributed by atoms with van der Waals surface area (Å²) in [6, 6.07) is 0. The molecule has 0 aromatic heterocycles. The fourth-order valence-corrected chi connectivity index (χ4v) is 0.420. The number of hydrogen-bond acceptors (Lipinski definition) is 0. The molecule has 0 heterocycles. The molecule has 0 rings (SSSR count). The van der Waals surface area contributed by atoms with E-state index in [1.165, 1.54) is 12.2 Å². The molecule has 0 atom stereocenters. The van der Waals surface area contributed by atoms with Gasteiger partial charge in [0.05, 0.1) is 0 Å². The second kappa shape index (κ2) is 4.29. The van der Waals surface area contributed by atoms with Gasteiger partial charge in [-0.1, -0.05) is 24.3 Å². The third kappa shape index (κ3) is 3.46. The van der Waals surface area contributed by atoms with E-state index < -0.39 is 0 Å². The first-order valence-electron chi connectivity index (χ1n) is 2.90. The highest BCUT2D eigenvalue weighted by molar-refractivity contribution is 6.31. The van der Waals surface area contributed by atoms with E-state index in [4.69, 9.17) is 11.6 Å². The van der Waals surface area contributed by atoms with Gasteiger partial charge in [0.2, 0.25) is 0 Å². The second-order valence-electron chi connectivity index (χ2n) is 2.08. The fraction of sp³-hybridized carbons (Fsp3) is 0.250. The monoisotopic (exact) mass is 160 g/mol. The van der Waals surface area contributed by atoms with Crippen molar-refractivity contribution >= 4 is 11.6 Å². The highest BCUT2D eigenvalue weighted by Gasteiger charge is 1.92. The lowest BCUT2D eigenvalue weighted by molar-refractivity contribution is 0.654. The Hall–Kier alpha value is -0.560. The van der Waals surface area contributed by atoms with Crippen molar-refractivity contribution in [2.75, 3.05) is 0 Å². The van der Waals surface area contributed by atoms with Crippen LogP contribution in [0.1, 0.15) is 13.8 Å². The highest BCUT2D eigenvalue weighted by Crippen LogP contribution is 2.12. The maximum absolute atomic E-state index is 12.6. The average Bonchev–Trinajstić information content (AvgIpc) is 1.87. The molecule has 0 aliphatic heterocycles. The smallest absolute Gasteiger partial charge is 0.123 e. The SMILES string of the molecule is C=C/C(Cl)=C\C(F)=C(C)C. The molecule has 10 heavy (non-hydrogen) atoms. The maximum Gasteiger partial charge on any atom is 0.123 e. The summed E-state index contributed by atoms with van der Waals surface area (Å²) in [6.45, 7) is 6.74. The Labute approximate surface area is 65.7 Å². The maximum atomic E-state index is 12.6. The summed E-state index contributed by atoms with van der Waals surface area (Å²) in [6.07, 6.45) is 2.63. The van der Waals surface area contributed by atoms with Crippen LogP contribution in [0.3, 0.4) is 0 Å². The Balaban J connectivity index is 4.42. The van der Waals surface area contributed by atoms with Crippen LogP contribution in [0.2, 0.25) is 0 Å². The van der Waals surface area contributed by atoms with Crippen LogP contribution in [-0.4, -0.2) is 0 Å². The molecule has 0 spiro atoms. The summed E-state index contributed by atoms with van der Waals surface area (Å²) in [5, 5.41) is 0.318. The fourth-order valence-electron chi connectivity index (χ4n) is 0.324. The molecular formula is C8H10ClF. The van der Waals surface area contributed by atoms with Gasteiger partial charge in [-0.2, -0.15) is 0 Å². The number of rotatable bonds is 2. The van der Waals surface area contributed by atoms with Gasteiger partial charge in [-0.25, -0.2) is 4.39 Å². The van der Waals surface area contributed by atoms with Gasteiger partial charge in [0.15, 0.2) is 0 Å². The van der Waals surface area contributed by atoms with Crippen molar-refractivity contribution in [2.45, 2.75) is 13.8 Å². The normalized spacial score (nSPS) is 11.0. The van der Waals surface area contributed by atoms with Gasteiger partial charge in [0, 0.05) is 5.03 Å². The lowest BCUT2D eigenvalue weighted by Gasteiger charge is -1.90. The summed E-state index contributed by atoms with van der Waals surface area (Å²) in [7, 11) is 0. The van der Waals surface area contributed by atoms with Crippen LogP contribution in [0.15, 0.2) is 35.2 Å². The van der Waals surface area contributed by atoms with Gasteiger partial charge in [0.25, 0.3) is 0 Å². The van der Waals surface area contributed by atoms with Crippen molar-refractivity contribution in [3.8, 4) is 0 Å². The summed E-state index contributed by atoms with van der Waals surface area (Å²) in [5.41, 5.74) is 0.611. The zero-order chi connectivity index (χ0) is 8.15. The minimum absolute atomic E-state index is 0.301. The lowest BCUT2D eigenvalue weighted by atomic mass is 10.3. The average molecular weight is 161 g/mol. The summed E-state index contributed by atoms with van der Waals surface area (Å²) < 4.78 is 12.6. The third-order valence-electron chi connectivity index (χ3n) is 0.937. The van der Waals surface area contributed by atoms with Crippen molar-refractivity contribution in [3.05, 3.63) is 35.2 Å². The molecule has 0 nitrogen and oxygen atoms in total. The molecule has 2 heteroatoms. The largest absolute Gasteiger partial charge is 0.207 e. The van der Waals surface area contributed by atoms with Gasteiger partial charge in [0.1, 0.15) is 5.83 Å². The first kappa shape index (κ1) is 9.44. The second-order valence-corrected chi connectivity index (χ2v) is 2.52. The summed E-state index contributed by atoms with van der Waals surface area (Å²) in [4.78, 5) is 0. The molecule has 0 aromatic carbocycles. The van der Waals surface area contributed by atoms with Crippen LogP contribution >= 0.6 is 11.6 Å². The van der Waals surface area contributed by atoms with Gasteiger partial charge >= 0.3 is 0 Å². The first-order chi connectivity index (χ1) is 4.57. The predicted octanol–water partition coefficient (Wildman–Crippen LogP) is 3.56. The van der Waals surface area contributed by atoms with E-state index in [-0.39, 0.29) is 5.83 Å². The molecule has 0 saturated carbocycles. The Bertz CT molecular complexity index is 185. The molecule has 0 N–H and O–H groups in total. The van der Waals surface area contributed by atoms with Gasteiger partial charge in [-0.3, -0.25) is 0 Å². The molecule has 0 radical (unpaired) electrons. The Kier molecular flexibility index (Phi) is 4.05. The highest BCUT2D eigenvalue weighted by atomic mass is 35.5. The van der Waals surface area contributed by atoms with Gasteiger partial charge in [-0.15, -0.1) is 0 Å². The first-order valence-corrected chi connectivity index (χ1v) is 3.28. The Morgan fingerprint density at radius 2 is 2.00 bits per heavy atom. The molecule has 0 saturated heterocycles. The van der Waals surface area contributed by atoms with E-state index in [9.17, 15) is 4.39 Å². The van der Waals surface area contributed by atoms with E-state index in [2.05, 4.69) is 6.58 Å². The van der Waals surface area contributed by atoms with E-state index in [0.717, 1.165) is 0 Å². The molecule has 0 aromatic rings. The predicted molar refractivity (Wildman–Crippen MR) is 43.6 cm³/mol. The zero-order valence-electron chi connectivity index (χ0n) is 6.12. The van der Waals surface area contributed by atoms with E-state index in [1.807, 2.05) is 0 Å². The van der Waals surface area contributed by atoms with Crippen molar-refractivity contribution < 1.29 is 4.39 Å². The van der Waals surface area contributed by atoms with Gasteiger partial charge in [-0.05, 0) is 25.5 Å². The number of hydrogen-bond donors (Lipinski definition) is 0. The molecule has 0 amide bonds. The van der Waals surface area contributed by atoms with Crippen LogP contribution < -0.4 is 0 Å². The molecule has 56 valence electrons. The van der Waals surface area contributed by atoms with Crippen LogP contribution in [0.4, 0.5) is 4.39 Å². The molecule has 0 aliphatic rings. The van der Waals surface area contributed by atoms with Crippen molar-refractivity contribution in [2.24, 2.45) is 0 Å². The Morgan fingerprint density at radius 1 is 1.50 bits per heavy atom. The minimum Gasteiger partial charge on any atom is -0.207 e. The van der Waals surface area contributed by atoms with E-state index in [1.54, 1.807) is 13.8 Å². The van der Waals surface area contributed by atoms with Crippen LogP contribution in [0.5, 0.6) is 0 Å². The van der Waals surface area contributed by atoms with Crippen LogP contribution in [-0.2, 0) is 0 Å². The standard InChI is InChI=1S/C8H10ClF/c1-4-7(9)5-8(10)6(2)3/h4-5H,1H2,2-3H3/b7-5+. The minimum atomic E-state index is -0.301. The topological polar surface area (TPSA) is 0 Å². The third-order valence-corrected chi connectivity index (χ3v) is 1.20. The molecule has 0 unspecified atom stereocenters. The molecule has 0 bridgehead atoms. The lowest BCUT2D eigenvalue weighted by Crippen LogP contribution is -1.72. The van der Waals surface area contributed by atoms with Crippen molar-refractivity contribution in [3.63, 3.8) is 0 Å². The molecule has 0 aliphatic carbocycles. The zero-order valence-corrected chi connectivity index (χ0v) is 6.87. The van der Waals surface area contributed by atoms with Crippen LogP contribution in [0, 0.1) is 0 Å². The Morgan fingerprint density at radius 3 is 2.30 bits per heavy atom. The number of allylic oxidation sites excluding steroid dienone is 5. The van der Waals surface area contributed by atoms with Crippen molar-refractivity contribution in [1.29, 1.82) is 0 Å². The van der Waals surface area contributed by atoms with Crippen molar-refractivity contribution in [1.82, 2.24) is 0 Å². The summed E-state index contributed by atoms with van der Waals surface area (Å²) >= 11 is 5.47.